The highest BCUT2D eigenvalue weighted by Gasteiger charge is 2.42. The second-order valence-corrected chi connectivity index (χ2v) is 45.5. The van der Waals surface area contributed by atoms with E-state index >= 15 is 0 Å². The SMILES string of the molecule is C=C(C)C(=O)OCCNC(=O)OCC(COCCC[Si](C)(O[Si](C)(C)C)O[Si](C)(C)C)(COCCC[Si](C)(O[Si](C)(C)C)O[Si](C)(C)C)COC(=O)NCCOC(=O)C(=C)C. The van der Waals surface area contributed by atoms with E-state index in [1.165, 1.54) is 13.8 Å². The molecule has 0 aliphatic rings. The second kappa shape index (κ2) is 26.7. The minimum Gasteiger partial charge on any atom is -0.460 e. The molecule has 16 nitrogen and oxygen atoms in total. The van der Waals surface area contributed by atoms with Gasteiger partial charge in [-0.05, 0) is 130 Å². The summed E-state index contributed by atoms with van der Waals surface area (Å²) in [4.78, 5) is 49.4. The van der Waals surface area contributed by atoms with Crippen molar-refractivity contribution in [1.29, 1.82) is 0 Å². The maximum atomic E-state index is 12.9. The van der Waals surface area contributed by atoms with Gasteiger partial charge < -0.3 is 55.5 Å². The molecule has 0 saturated heterocycles. The Morgan fingerprint density at radius 3 is 1.02 bits per heavy atom. The van der Waals surface area contributed by atoms with Gasteiger partial charge in [-0.3, -0.25) is 0 Å². The third kappa shape index (κ3) is 31.5. The van der Waals surface area contributed by atoms with Crippen LogP contribution in [-0.2, 0) is 54.5 Å². The van der Waals surface area contributed by atoms with Crippen LogP contribution in [0.4, 0.5) is 9.59 Å². The summed E-state index contributed by atoms with van der Waals surface area (Å²) in [5, 5.41) is 5.15. The highest BCUT2D eigenvalue weighted by Crippen LogP contribution is 2.28. The fourth-order valence-electron chi connectivity index (χ4n) is 6.03. The standard InChI is InChI=1S/C39H82N2O14Si6/c1-33(2)35(42)48-25-21-40-37(44)50-31-39(32-51-38(45)41-22-26-49-36(43)34(3)4,29-46-23-19-27-60(17,52-56(5,6)7)53-57(8,9)10)30-47-24-20-28-61(18,54-58(11,12)13)55-59(14,15)16/h1,3,19-32H2,2,4-18H3,(H,40,44)(H,41,45). The molecule has 0 aromatic carbocycles. The minimum atomic E-state index is -2.53. The van der Waals surface area contributed by atoms with Crippen molar-refractivity contribution in [2.24, 2.45) is 5.41 Å². The molecule has 0 saturated carbocycles. The van der Waals surface area contributed by atoms with Crippen molar-refractivity contribution >= 4 is 74.5 Å². The molecule has 0 fully saturated rings. The van der Waals surface area contributed by atoms with Crippen molar-refractivity contribution in [3.8, 4) is 0 Å². The first-order valence-corrected chi connectivity index (χ1v) is 39.8. The van der Waals surface area contributed by atoms with E-state index in [1.54, 1.807) is 0 Å². The van der Waals surface area contributed by atoms with Crippen LogP contribution < -0.4 is 10.6 Å². The Kier molecular flexibility index (Phi) is 25.9. The molecule has 0 unspecified atom stereocenters. The van der Waals surface area contributed by atoms with Crippen LogP contribution in [0.5, 0.6) is 0 Å². The summed E-state index contributed by atoms with van der Waals surface area (Å²) in [5.41, 5.74) is -0.674. The van der Waals surface area contributed by atoms with Gasteiger partial charge in [0, 0.05) is 24.4 Å². The van der Waals surface area contributed by atoms with Gasteiger partial charge in [-0.2, -0.15) is 0 Å². The smallest absolute Gasteiger partial charge is 0.407 e. The number of amides is 2. The average Bonchev–Trinajstić information content (AvgIpc) is 3.05. The summed E-state index contributed by atoms with van der Waals surface area (Å²) >= 11 is 0. The molecular weight excluding hydrogens is 889 g/mol. The predicted molar refractivity (Wildman–Crippen MR) is 254 cm³/mol. The quantitative estimate of drug-likeness (QED) is 0.0217. The van der Waals surface area contributed by atoms with Gasteiger partial charge >= 0.3 is 41.2 Å². The number of esters is 2. The van der Waals surface area contributed by atoms with Crippen LogP contribution in [0.15, 0.2) is 24.3 Å². The zero-order chi connectivity index (χ0) is 47.3. The zero-order valence-corrected chi connectivity index (χ0v) is 46.5. The van der Waals surface area contributed by atoms with E-state index in [0.29, 0.717) is 26.1 Å². The summed E-state index contributed by atoms with van der Waals surface area (Å²) in [6, 6.07) is 1.44. The lowest BCUT2D eigenvalue weighted by Gasteiger charge is -2.38. The lowest BCUT2D eigenvalue weighted by Crippen LogP contribution is -2.52. The number of alkyl carbamates (subject to hydrolysis) is 2. The first-order valence-electron chi connectivity index (χ1n) is 21.1. The number of carbonyl (C=O) groups excluding carboxylic acids is 4. The fourth-order valence-corrected chi connectivity index (χ4v) is 31.0. The highest BCUT2D eigenvalue weighted by molar-refractivity contribution is 6.88. The Labute approximate surface area is 373 Å². The van der Waals surface area contributed by atoms with E-state index < -0.39 is 79.9 Å². The molecule has 61 heavy (non-hydrogen) atoms. The number of carbonyl (C=O) groups is 4. The molecule has 0 radical (unpaired) electrons. The monoisotopic (exact) mass is 970 g/mol. The molecule has 0 atom stereocenters. The van der Waals surface area contributed by atoms with Crippen LogP contribution in [-0.4, -0.2) is 140 Å². The van der Waals surface area contributed by atoms with Crippen LogP contribution >= 0.6 is 0 Å². The van der Waals surface area contributed by atoms with Crippen molar-refractivity contribution in [3.63, 3.8) is 0 Å². The first-order chi connectivity index (χ1) is 27.7. The van der Waals surface area contributed by atoms with E-state index in [-0.39, 0.29) is 63.9 Å². The van der Waals surface area contributed by atoms with Crippen LogP contribution in [0, 0.1) is 5.41 Å². The van der Waals surface area contributed by atoms with E-state index in [1.807, 2.05) is 0 Å². The third-order valence-electron chi connectivity index (χ3n) is 7.67. The van der Waals surface area contributed by atoms with Crippen LogP contribution in [0.3, 0.4) is 0 Å². The number of hydrogen-bond donors (Lipinski definition) is 2. The molecule has 0 rings (SSSR count). The van der Waals surface area contributed by atoms with Gasteiger partial charge in [0.05, 0.1) is 31.7 Å². The second-order valence-electron chi connectivity index (χ2n) is 19.8. The van der Waals surface area contributed by atoms with Crippen molar-refractivity contribution in [2.45, 2.75) is 130 Å². The molecular formula is C39H82N2O14Si6. The molecule has 0 heterocycles. The highest BCUT2D eigenvalue weighted by atomic mass is 28.5. The van der Waals surface area contributed by atoms with Crippen molar-refractivity contribution in [3.05, 3.63) is 24.3 Å². The molecule has 0 aromatic rings. The van der Waals surface area contributed by atoms with E-state index in [2.05, 4.69) is 115 Å². The maximum absolute atomic E-state index is 12.9. The first kappa shape index (κ1) is 59.0. The zero-order valence-electron chi connectivity index (χ0n) is 40.5. The van der Waals surface area contributed by atoms with Crippen LogP contribution in [0.25, 0.3) is 0 Å². The van der Waals surface area contributed by atoms with Gasteiger partial charge in [0.25, 0.3) is 0 Å². The van der Waals surface area contributed by atoms with Crippen LogP contribution in [0.1, 0.15) is 26.7 Å². The Morgan fingerprint density at radius 1 is 0.459 bits per heavy atom. The molecule has 0 spiro atoms. The van der Waals surface area contributed by atoms with Gasteiger partial charge in [-0.15, -0.1) is 0 Å². The Balaban J connectivity index is 6.28. The molecule has 0 bridgehead atoms. The minimum absolute atomic E-state index is 0.00397. The molecule has 0 aromatic heterocycles. The van der Waals surface area contributed by atoms with Crippen molar-refractivity contribution in [1.82, 2.24) is 10.6 Å². The number of rotatable bonds is 32. The fraction of sp³-hybridized carbons (Fsp3) is 0.795. The summed E-state index contributed by atoms with van der Waals surface area (Å²) < 4.78 is 60.8. The Hall–Kier alpha value is -1.98. The van der Waals surface area contributed by atoms with E-state index in [0.717, 1.165) is 12.1 Å². The third-order valence-corrected chi connectivity index (χ3v) is 26.9. The normalized spacial score (nSPS) is 13.0. The molecule has 356 valence electrons. The lowest BCUT2D eigenvalue weighted by atomic mass is 9.92. The molecule has 22 heteroatoms. The van der Waals surface area contributed by atoms with Crippen LogP contribution in [0.2, 0.25) is 104 Å². The number of nitrogens with one attached hydrogen (secondary N) is 2. The molecule has 2 amide bonds. The van der Waals surface area contributed by atoms with Gasteiger partial charge in [-0.25, -0.2) is 19.2 Å². The van der Waals surface area contributed by atoms with E-state index in [4.69, 9.17) is 44.9 Å². The van der Waals surface area contributed by atoms with Crippen molar-refractivity contribution < 1.29 is 64.1 Å². The largest absolute Gasteiger partial charge is 0.460 e. The summed E-state index contributed by atoms with van der Waals surface area (Å²) in [6.45, 7) is 40.3. The van der Waals surface area contributed by atoms with Gasteiger partial charge in [-0.1, -0.05) is 13.2 Å². The molecule has 0 aliphatic heterocycles. The van der Waals surface area contributed by atoms with E-state index in [9.17, 15) is 19.2 Å². The van der Waals surface area contributed by atoms with Crippen molar-refractivity contribution in [2.75, 3.05) is 65.9 Å². The molecule has 2 N–H and O–H groups in total. The summed E-state index contributed by atoms with van der Waals surface area (Å²) in [5.74, 6) is -1.14. The van der Waals surface area contributed by atoms with Gasteiger partial charge in [0.1, 0.15) is 26.4 Å². The number of ether oxygens (including phenoxy) is 6. The topological polar surface area (TPSA) is 185 Å². The maximum Gasteiger partial charge on any atom is 0.407 e. The Bertz CT molecular complexity index is 1270. The predicted octanol–water partition coefficient (Wildman–Crippen LogP) is 8.03. The lowest BCUT2D eigenvalue weighted by molar-refractivity contribution is -0.139. The summed E-state index contributed by atoms with van der Waals surface area (Å²) in [7, 11) is -12.7. The Morgan fingerprint density at radius 2 is 0.754 bits per heavy atom. The average molecular weight is 972 g/mol. The molecule has 0 aliphatic carbocycles. The van der Waals surface area contributed by atoms with Gasteiger partial charge in [0.2, 0.25) is 0 Å². The summed E-state index contributed by atoms with van der Waals surface area (Å²) in [6.07, 6.45) is -0.245. The van der Waals surface area contributed by atoms with Gasteiger partial charge in [0.15, 0.2) is 33.3 Å². The number of hydrogen-bond acceptors (Lipinski definition) is 14.